The van der Waals surface area contributed by atoms with Gasteiger partial charge < -0.3 is 15.0 Å². The highest BCUT2D eigenvalue weighted by molar-refractivity contribution is 5.88. The summed E-state index contributed by atoms with van der Waals surface area (Å²) < 4.78 is 5.90. The van der Waals surface area contributed by atoms with E-state index in [1.54, 1.807) is 25.9 Å². The monoisotopic (exact) mass is 286 g/mol. The summed E-state index contributed by atoms with van der Waals surface area (Å²) in [5, 5.41) is 5.48. The lowest BCUT2D eigenvalue weighted by molar-refractivity contribution is -0.135. The summed E-state index contributed by atoms with van der Waals surface area (Å²) >= 11 is 0. The molecular formula is C17H22N2O2. The second kappa shape index (κ2) is 6.59. The van der Waals surface area contributed by atoms with Gasteiger partial charge in [-0.3, -0.25) is 4.79 Å². The van der Waals surface area contributed by atoms with Crippen molar-refractivity contribution in [3.63, 3.8) is 0 Å². The van der Waals surface area contributed by atoms with E-state index in [0.717, 1.165) is 16.7 Å². The first-order chi connectivity index (χ1) is 10.0. The molecular weight excluding hydrogens is 264 g/mol. The third kappa shape index (κ3) is 3.34. The molecule has 2 rings (SSSR count). The number of likely N-dealkylation sites (N-methyl/N-ethyl adjacent to an activating group) is 1. The number of hydrogen-bond donors (Lipinski definition) is 1. The van der Waals surface area contributed by atoms with Gasteiger partial charge in [-0.05, 0) is 30.8 Å². The fourth-order valence-corrected chi connectivity index (χ4v) is 2.39. The van der Waals surface area contributed by atoms with Crippen LogP contribution in [0.25, 0.3) is 10.8 Å². The van der Waals surface area contributed by atoms with Crippen molar-refractivity contribution in [1.82, 2.24) is 10.2 Å². The summed E-state index contributed by atoms with van der Waals surface area (Å²) in [5.74, 6) is 0.712. The maximum absolute atomic E-state index is 12.0. The first-order valence-electron chi connectivity index (χ1n) is 7.07. The van der Waals surface area contributed by atoms with E-state index in [4.69, 9.17) is 4.74 Å². The predicted molar refractivity (Wildman–Crippen MR) is 85.5 cm³/mol. The van der Waals surface area contributed by atoms with Crippen LogP contribution in [0.4, 0.5) is 0 Å². The third-order valence-electron chi connectivity index (χ3n) is 3.44. The zero-order valence-electron chi connectivity index (χ0n) is 13.0. The molecule has 0 spiro atoms. The van der Waals surface area contributed by atoms with Gasteiger partial charge in [0.05, 0.1) is 0 Å². The van der Waals surface area contributed by atoms with Crippen LogP contribution in [0.2, 0.25) is 0 Å². The second-order valence-corrected chi connectivity index (χ2v) is 5.29. The molecule has 0 aromatic heterocycles. The Balaban J connectivity index is 2.39. The average Bonchev–Trinajstić information content (AvgIpc) is 2.48. The molecule has 4 nitrogen and oxygen atoms in total. The summed E-state index contributed by atoms with van der Waals surface area (Å²) in [7, 11) is 5.37. The maximum Gasteiger partial charge on any atom is 0.262 e. The molecule has 4 heteroatoms. The van der Waals surface area contributed by atoms with Gasteiger partial charge in [-0.1, -0.05) is 30.3 Å². The van der Waals surface area contributed by atoms with Crippen LogP contribution in [0.1, 0.15) is 12.5 Å². The Morgan fingerprint density at radius 3 is 2.62 bits per heavy atom. The molecule has 0 bridgehead atoms. The Bertz CT molecular complexity index is 638. The highest BCUT2D eigenvalue weighted by Gasteiger charge is 2.18. The van der Waals surface area contributed by atoms with Crippen molar-refractivity contribution in [2.75, 3.05) is 21.1 Å². The average molecular weight is 286 g/mol. The first kappa shape index (κ1) is 15.3. The van der Waals surface area contributed by atoms with E-state index < -0.39 is 6.10 Å². The van der Waals surface area contributed by atoms with Gasteiger partial charge in [0.2, 0.25) is 0 Å². The summed E-state index contributed by atoms with van der Waals surface area (Å²) in [6.07, 6.45) is -0.503. The van der Waals surface area contributed by atoms with Crippen molar-refractivity contribution >= 4 is 16.7 Å². The van der Waals surface area contributed by atoms with Crippen LogP contribution in [0.3, 0.4) is 0 Å². The lowest BCUT2D eigenvalue weighted by Gasteiger charge is -2.21. The predicted octanol–water partition coefficient (Wildman–Crippen LogP) is 2.41. The van der Waals surface area contributed by atoms with Crippen LogP contribution < -0.4 is 10.1 Å². The number of amides is 1. The Hall–Kier alpha value is -2.07. The van der Waals surface area contributed by atoms with Crippen molar-refractivity contribution in [3.05, 3.63) is 42.0 Å². The first-order valence-corrected chi connectivity index (χ1v) is 7.07. The number of carbonyl (C=O) groups is 1. The number of fused-ring (bicyclic) bond motifs is 1. The molecule has 21 heavy (non-hydrogen) atoms. The molecule has 2 aromatic rings. The Labute approximate surface area is 125 Å². The topological polar surface area (TPSA) is 41.6 Å². The SMILES string of the molecule is CNCc1c(OC(C)C(=O)N(C)C)ccc2ccccc12. The highest BCUT2D eigenvalue weighted by Crippen LogP contribution is 2.28. The zero-order valence-corrected chi connectivity index (χ0v) is 13.0. The summed E-state index contributed by atoms with van der Waals surface area (Å²) in [6, 6.07) is 12.1. The number of rotatable bonds is 5. The quantitative estimate of drug-likeness (QED) is 0.918. The molecule has 0 saturated carbocycles. The van der Waals surface area contributed by atoms with E-state index in [-0.39, 0.29) is 5.91 Å². The molecule has 112 valence electrons. The molecule has 0 saturated heterocycles. The number of hydrogen-bond acceptors (Lipinski definition) is 3. The van der Waals surface area contributed by atoms with Crippen LogP contribution in [-0.4, -0.2) is 38.1 Å². The van der Waals surface area contributed by atoms with Crippen molar-refractivity contribution in [1.29, 1.82) is 0 Å². The molecule has 0 aliphatic carbocycles. The van der Waals surface area contributed by atoms with Crippen LogP contribution in [0.5, 0.6) is 5.75 Å². The molecule has 1 atom stereocenters. The minimum atomic E-state index is -0.503. The molecule has 2 aromatic carbocycles. The minimum Gasteiger partial charge on any atom is -0.481 e. The van der Waals surface area contributed by atoms with Gasteiger partial charge in [0.15, 0.2) is 6.10 Å². The molecule has 1 amide bonds. The fourth-order valence-electron chi connectivity index (χ4n) is 2.39. The van der Waals surface area contributed by atoms with E-state index in [2.05, 4.69) is 17.4 Å². The Morgan fingerprint density at radius 2 is 1.95 bits per heavy atom. The van der Waals surface area contributed by atoms with Crippen molar-refractivity contribution < 1.29 is 9.53 Å². The normalized spacial score (nSPS) is 12.2. The van der Waals surface area contributed by atoms with Gasteiger partial charge in [0, 0.05) is 26.2 Å². The lowest BCUT2D eigenvalue weighted by Crippen LogP contribution is -2.35. The highest BCUT2D eigenvalue weighted by atomic mass is 16.5. The molecule has 0 aliphatic rings. The van der Waals surface area contributed by atoms with E-state index in [0.29, 0.717) is 6.54 Å². The van der Waals surface area contributed by atoms with Gasteiger partial charge in [-0.2, -0.15) is 0 Å². The standard InChI is InChI=1S/C17H22N2O2/c1-12(17(20)19(3)4)21-16-10-9-13-7-5-6-8-14(13)15(16)11-18-2/h5-10,12,18H,11H2,1-4H3. The summed E-state index contributed by atoms with van der Waals surface area (Å²) in [5.41, 5.74) is 1.08. The van der Waals surface area contributed by atoms with Gasteiger partial charge in [0.25, 0.3) is 5.91 Å². The molecule has 0 radical (unpaired) electrons. The van der Waals surface area contributed by atoms with Gasteiger partial charge in [0.1, 0.15) is 5.75 Å². The van der Waals surface area contributed by atoms with Gasteiger partial charge >= 0.3 is 0 Å². The number of benzene rings is 2. The number of ether oxygens (including phenoxy) is 1. The van der Waals surface area contributed by atoms with Crippen molar-refractivity contribution in [2.24, 2.45) is 0 Å². The molecule has 1 unspecified atom stereocenters. The van der Waals surface area contributed by atoms with E-state index >= 15 is 0 Å². The maximum atomic E-state index is 12.0. The summed E-state index contributed by atoms with van der Waals surface area (Å²) in [6.45, 7) is 2.47. The third-order valence-corrected chi connectivity index (χ3v) is 3.44. The second-order valence-electron chi connectivity index (χ2n) is 5.29. The molecule has 1 N–H and O–H groups in total. The van der Waals surface area contributed by atoms with Crippen LogP contribution >= 0.6 is 0 Å². The largest absolute Gasteiger partial charge is 0.481 e. The van der Waals surface area contributed by atoms with E-state index in [1.807, 2.05) is 31.3 Å². The smallest absolute Gasteiger partial charge is 0.262 e. The lowest BCUT2D eigenvalue weighted by atomic mass is 10.0. The number of carbonyl (C=O) groups excluding carboxylic acids is 1. The van der Waals surface area contributed by atoms with Crippen LogP contribution in [-0.2, 0) is 11.3 Å². The van der Waals surface area contributed by atoms with Gasteiger partial charge in [-0.15, -0.1) is 0 Å². The number of nitrogens with zero attached hydrogens (tertiary/aromatic N) is 1. The van der Waals surface area contributed by atoms with E-state index in [1.165, 1.54) is 5.39 Å². The number of nitrogens with one attached hydrogen (secondary N) is 1. The Morgan fingerprint density at radius 1 is 1.24 bits per heavy atom. The van der Waals surface area contributed by atoms with Crippen LogP contribution in [0.15, 0.2) is 36.4 Å². The fraction of sp³-hybridized carbons (Fsp3) is 0.353. The Kier molecular flexibility index (Phi) is 4.81. The minimum absolute atomic E-state index is 0.0430. The van der Waals surface area contributed by atoms with Crippen molar-refractivity contribution in [3.8, 4) is 5.75 Å². The molecule has 0 fully saturated rings. The van der Waals surface area contributed by atoms with Gasteiger partial charge in [-0.25, -0.2) is 0 Å². The molecule has 0 heterocycles. The summed E-state index contributed by atoms with van der Waals surface area (Å²) in [4.78, 5) is 13.5. The van der Waals surface area contributed by atoms with E-state index in [9.17, 15) is 4.79 Å². The van der Waals surface area contributed by atoms with Crippen LogP contribution in [0, 0.1) is 0 Å². The molecule has 0 aliphatic heterocycles. The van der Waals surface area contributed by atoms with Crippen molar-refractivity contribution in [2.45, 2.75) is 19.6 Å². The zero-order chi connectivity index (χ0) is 15.4.